The maximum Gasteiger partial charge on any atom is 0.156 e. The van der Waals surface area contributed by atoms with E-state index in [1.165, 1.54) is 11.3 Å². The molecule has 0 saturated heterocycles. The van der Waals surface area contributed by atoms with E-state index >= 15 is 0 Å². The van der Waals surface area contributed by atoms with Crippen molar-refractivity contribution in [1.29, 1.82) is 0 Å². The van der Waals surface area contributed by atoms with Gasteiger partial charge < -0.3 is 5.73 Å². The monoisotopic (exact) mass is 206 g/mol. The first-order valence-electron chi connectivity index (χ1n) is 3.44. The van der Waals surface area contributed by atoms with Crippen molar-refractivity contribution < 1.29 is 8.42 Å². The van der Waals surface area contributed by atoms with Crippen molar-refractivity contribution in [3.63, 3.8) is 0 Å². The van der Waals surface area contributed by atoms with Crippen molar-refractivity contribution in [2.75, 3.05) is 11.5 Å². The van der Waals surface area contributed by atoms with Crippen molar-refractivity contribution in [2.24, 2.45) is 0 Å². The molecular formula is C6H10N2O2S2. The first-order valence-corrected chi connectivity index (χ1v) is 6.14. The highest BCUT2D eigenvalue weighted by Gasteiger charge is 2.11. The fourth-order valence-electron chi connectivity index (χ4n) is 0.682. The number of thiazole rings is 1. The molecule has 0 radical (unpaired) electrons. The molecule has 0 spiro atoms. The fraction of sp³-hybridized carbons (Fsp3) is 0.500. The van der Waals surface area contributed by atoms with Gasteiger partial charge >= 0.3 is 0 Å². The van der Waals surface area contributed by atoms with E-state index in [1.807, 2.05) is 0 Å². The number of anilines is 1. The summed E-state index contributed by atoms with van der Waals surface area (Å²) in [5, 5.41) is 2.20. The molecule has 1 aromatic heterocycles. The molecule has 0 fully saturated rings. The van der Waals surface area contributed by atoms with E-state index in [1.54, 1.807) is 12.3 Å². The van der Waals surface area contributed by atoms with Crippen molar-refractivity contribution in [2.45, 2.75) is 12.7 Å². The molecular weight excluding hydrogens is 196 g/mol. The van der Waals surface area contributed by atoms with Crippen LogP contribution in [0.3, 0.4) is 0 Å². The Kier molecular flexibility index (Phi) is 2.69. The van der Waals surface area contributed by atoms with E-state index in [0.29, 0.717) is 10.8 Å². The molecule has 0 bridgehead atoms. The molecule has 1 rings (SSSR count). The molecule has 0 amide bonds. The van der Waals surface area contributed by atoms with Crippen LogP contribution in [0, 0.1) is 0 Å². The van der Waals surface area contributed by atoms with Crippen LogP contribution >= 0.6 is 11.3 Å². The standard InChI is InChI=1S/C6H10N2O2S2/c1-2-12(9,10)4-6-8-5(7)3-11-6/h3H,2,4,7H2,1H3. The SMILES string of the molecule is CCS(=O)(=O)Cc1nc(N)cs1. The Hall–Kier alpha value is -0.620. The van der Waals surface area contributed by atoms with E-state index in [0.717, 1.165) is 0 Å². The fourth-order valence-corrected chi connectivity index (χ4v) is 2.60. The number of nitrogens with zero attached hydrogens (tertiary/aromatic N) is 1. The third-order valence-electron chi connectivity index (χ3n) is 1.35. The van der Waals surface area contributed by atoms with Crippen LogP contribution in [0.2, 0.25) is 0 Å². The maximum atomic E-state index is 11.1. The average molecular weight is 206 g/mol. The Labute approximate surface area is 75.4 Å². The Morgan fingerprint density at radius 1 is 1.67 bits per heavy atom. The lowest BCUT2D eigenvalue weighted by Crippen LogP contribution is -2.06. The smallest absolute Gasteiger partial charge is 0.156 e. The van der Waals surface area contributed by atoms with Gasteiger partial charge in [0.1, 0.15) is 16.6 Å². The third kappa shape index (κ3) is 2.46. The zero-order chi connectivity index (χ0) is 9.19. The van der Waals surface area contributed by atoms with E-state index in [9.17, 15) is 8.42 Å². The van der Waals surface area contributed by atoms with Gasteiger partial charge in [0, 0.05) is 11.1 Å². The maximum absolute atomic E-state index is 11.1. The van der Waals surface area contributed by atoms with Gasteiger partial charge in [-0.3, -0.25) is 0 Å². The third-order valence-corrected chi connectivity index (χ3v) is 4.00. The summed E-state index contributed by atoms with van der Waals surface area (Å²) in [4.78, 5) is 3.86. The van der Waals surface area contributed by atoms with Crippen LogP contribution < -0.4 is 5.73 Å². The Balaban J connectivity index is 2.77. The van der Waals surface area contributed by atoms with Crippen molar-refractivity contribution in [3.8, 4) is 0 Å². The molecule has 12 heavy (non-hydrogen) atoms. The zero-order valence-corrected chi connectivity index (χ0v) is 8.28. The Morgan fingerprint density at radius 3 is 2.75 bits per heavy atom. The zero-order valence-electron chi connectivity index (χ0n) is 6.65. The second-order valence-corrected chi connectivity index (χ2v) is 5.64. The molecule has 0 aromatic carbocycles. The lowest BCUT2D eigenvalue weighted by Gasteiger charge is -1.95. The lowest BCUT2D eigenvalue weighted by atomic mass is 10.8. The molecule has 0 aliphatic heterocycles. The molecule has 0 saturated carbocycles. The molecule has 68 valence electrons. The first-order chi connectivity index (χ1) is 5.53. The summed E-state index contributed by atoms with van der Waals surface area (Å²) in [5.74, 6) is 0.541. The summed E-state index contributed by atoms with van der Waals surface area (Å²) in [6.07, 6.45) is 0. The molecule has 2 N–H and O–H groups in total. The minimum Gasteiger partial charge on any atom is -0.383 e. The molecule has 6 heteroatoms. The van der Waals surface area contributed by atoms with Gasteiger partial charge in [-0.2, -0.15) is 0 Å². The van der Waals surface area contributed by atoms with Gasteiger partial charge in [0.05, 0.1) is 0 Å². The highest BCUT2D eigenvalue weighted by Crippen LogP contribution is 2.14. The molecule has 0 aliphatic carbocycles. The molecule has 1 aromatic rings. The summed E-state index contributed by atoms with van der Waals surface area (Å²) < 4.78 is 22.2. The van der Waals surface area contributed by atoms with Crippen LogP contribution in [-0.2, 0) is 15.6 Å². The van der Waals surface area contributed by atoms with E-state index in [4.69, 9.17) is 5.73 Å². The number of hydrogen-bond acceptors (Lipinski definition) is 5. The number of nitrogens with two attached hydrogens (primary N) is 1. The van der Waals surface area contributed by atoms with Gasteiger partial charge in [-0.05, 0) is 0 Å². The second kappa shape index (κ2) is 3.40. The summed E-state index contributed by atoms with van der Waals surface area (Å²) in [7, 11) is -2.97. The van der Waals surface area contributed by atoms with Gasteiger partial charge in [-0.15, -0.1) is 11.3 Å². The van der Waals surface area contributed by atoms with Crippen molar-refractivity contribution in [1.82, 2.24) is 4.98 Å². The van der Waals surface area contributed by atoms with Gasteiger partial charge in [0.2, 0.25) is 0 Å². The van der Waals surface area contributed by atoms with Crippen LogP contribution in [-0.4, -0.2) is 19.2 Å². The first kappa shape index (κ1) is 9.47. The van der Waals surface area contributed by atoms with E-state index in [2.05, 4.69) is 4.98 Å². The molecule has 0 aliphatic rings. The topological polar surface area (TPSA) is 73.0 Å². The van der Waals surface area contributed by atoms with Gasteiger partial charge in [0.15, 0.2) is 9.84 Å². The highest BCUT2D eigenvalue weighted by atomic mass is 32.2. The summed E-state index contributed by atoms with van der Waals surface area (Å²) in [6.45, 7) is 1.62. The quantitative estimate of drug-likeness (QED) is 0.788. The number of nitrogen functional groups attached to an aromatic ring is 1. The van der Waals surface area contributed by atoms with Crippen LogP contribution in [0.4, 0.5) is 5.82 Å². The van der Waals surface area contributed by atoms with Gasteiger partial charge in [-0.1, -0.05) is 6.92 Å². The summed E-state index contributed by atoms with van der Waals surface area (Å²) >= 11 is 1.28. The van der Waals surface area contributed by atoms with Gasteiger partial charge in [-0.25, -0.2) is 13.4 Å². The lowest BCUT2D eigenvalue weighted by molar-refractivity contribution is 0.596. The van der Waals surface area contributed by atoms with Crippen molar-refractivity contribution in [3.05, 3.63) is 10.4 Å². The average Bonchev–Trinajstić information content (AvgIpc) is 2.35. The number of rotatable bonds is 3. The minimum atomic E-state index is -2.97. The second-order valence-electron chi connectivity index (χ2n) is 2.34. The normalized spacial score (nSPS) is 11.8. The summed E-state index contributed by atoms with van der Waals surface area (Å²) in [6, 6.07) is 0. The van der Waals surface area contributed by atoms with Crippen molar-refractivity contribution >= 4 is 27.0 Å². The predicted octanol–water partition coefficient (Wildman–Crippen LogP) is 0.660. The van der Waals surface area contributed by atoms with Crippen LogP contribution in [0.1, 0.15) is 11.9 Å². The van der Waals surface area contributed by atoms with Crippen LogP contribution in [0.25, 0.3) is 0 Å². The molecule has 4 nitrogen and oxygen atoms in total. The number of hydrogen-bond donors (Lipinski definition) is 1. The Bertz CT molecular complexity index is 355. The minimum absolute atomic E-state index is 0.00532. The molecule has 0 atom stereocenters. The Morgan fingerprint density at radius 2 is 2.33 bits per heavy atom. The van der Waals surface area contributed by atoms with Gasteiger partial charge in [0.25, 0.3) is 0 Å². The van der Waals surface area contributed by atoms with E-state index in [-0.39, 0.29) is 11.5 Å². The molecule has 1 heterocycles. The highest BCUT2D eigenvalue weighted by molar-refractivity contribution is 7.90. The predicted molar refractivity (Wildman–Crippen MR) is 49.7 cm³/mol. The number of aromatic nitrogens is 1. The van der Waals surface area contributed by atoms with Crippen LogP contribution in [0.15, 0.2) is 5.38 Å². The number of sulfone groups is 1. The summed E-state index contributed by atoms with van der Waals surface area (Å²) in [5.41, 5.74) is 5.34. The van der Waals surface area contributed by atoms with E-state index < -0.39 is 9.84 Å². The largest absolute Gasteiger partial charge is 0.383 e. The molecule has 0 unspecified atom stereocenters. The van der Waals surface area contributed by atoms with Crippen LogP contribution in [0.5, 0.6) is 0 Å².